The minimum Gasteiger partial charge on any atom is -0.383 e. The first-order valence-electron chi connectivity index (χ1n) is 6.37. The Labute approximate surface area is 104 Å². The Morgan fingerprint density at radius 2 is 2.24 bits per heavy atom. The van der Waals surface area contributed by atoms with Crippen molar-refractivity contribution >= 4 is 5.91 Å². The number of ether oxygens (including phenoxy) is 1. The Morgan fingerprint density at radius 3 is 2.76 bits per heavy atom. The third kappa shape index (κ3) is 3.94. The van der Waals surface area contributed by atoms with E-state index in [1.54, 1.807) is 7.11 Å². The van der Waals surface area contributed by atoms with Crippen LogP contribution in [0.5, 0.6) is 0 Å². The van der Waals surface area contributed by atoms with Crippen LogP contribution < -0.4 is 5.73 Å². The molecule has 5 heteroatoms. The summed E-state index contributed by atoms with van der Waals surface area (Å²) in [5.41, 5.74) is 5.78. The first-order valence-corrected chi connectivity index (χ1v) is 6.37. The standard InChI is InChI=1S/C12H25N3O2/c1-4-11(13)12(16)15-6-5-14(7-8-17-3)10(2)9-15/h10-11H,4-9,13H2,1-3H3/t10?,11-/m0/s1. The van der Waals surface area contributed by atoms with Gasteiger partial charge in [-0.15, -0.1) is 0 Å². The largest absolute Gasteiger partial charge is 0.383 e. The second-order valence-electron chi connectivity index (χ2n) is 4.68. The molecule has 0 bridgehead atoms. The van der Waals surface area contributed by atoms with E-state index in [4.69, 9.17) is 10.5 Å². The van der Waals surface area contributed by atoms with E-state index in [2.05, 4.69) is 11.8 Å². The van der Waals surface area contributed by atoms with E-state index in [1.807, 2.05) is 11.8 Å². The van der Waals surface area contributed by atoms with Crippen molar-refractivity contribution in [2.24, 2.45) is 5.73 Å². The predicted molar refractivity (Wildman–Crippen MR) is 67.8 cm³/mol. The van der Waals surface area contributed by atoms with Gasteiger partial charge in [0.05, 0.1) is 12.6 Å². The molecule has 1 unspecified atom stereocenters. The lowest BCUT2D eigenvalue weighted by molar-refractivity contribution is -0.135. The number of carbonyl (C=O) groups excluding carboxylic acids is 1. The highest BCUT2D eigenvalue weighted by Gasteiger charge is 2.28. The van der Waals surface area contributed by atoms with Crippen LogP contribution in [0.4, 0.5) is 0 Å². The Balaban J connectivity index is 2.43. The number of hydrogen-bond donors (Lipinski definition) is 1. The summed E-state index contributed by atoms with van der Waals surface area (Å²) in [6.45, 7) is 8.23. The second-order valence-corrected chi connectivity index (χ2v) is 4.68. The first kappa shape index (κ1) is 14.4. The van der Waals surface area contributed by atoms with Crippen molar-refractivity contribution in [2.75, 3.05) is 39.9 Å². The fourth-order valence-corrected chi connectivity index (χ4v) is 2.15. The van der Waals surface area contributed by atoms with Crippen LogP contribution in [0.25, 0.3) is 0 Å². The van der Waals surface area contributed by atoms with Crippen molar-refractivity contribution < 1.29 is 9.53 Å². The Morgan fingerprint density at radius 1 is 1.53 bits per heavy atom. The lowest BCUT2D eigenvalue weighted by Crippen LogP contribution is -2.57. The molecule has 0 radical (unpaired) electrons. The molecular formula is C12H25N3O2. The van der Waals surface area contributed by atoms with E-state index >= 15 is 0 Å². The molecule has 0 spiro atoms. The van der Waals surface area contributed by atoms with Gasteiger partial charge in [0.2, 0.25) is 5.91 Å². The Bertz CT molecular complexity index is 248. The van der Waals surface area contributed by atoms with Crippen LogP contribution in [0.1, 0.15) is 20.3 Å². The summed E-state index contributed by atoms with van der Waals surface area (Å²) in [5.74, 6) is 0.0886. The van der Waals surface area contributed by atoms with Crippen molar-refractivity contribution in [2.45, 2.75) is 32.4 Å². The van der Waals surface area contributed by atoms with E-state index in [-0.39, 0.29) is 11.9 Å². The Hall–Kier alpha value is -0.650. The minimum atomic E-state index is -0.340. The van der Waals surface area contributed by atoms with Crippen LogP contribution in [0.3, 0.4) is 0 Å². The number of methoxy groups -OCH3 is 1. The van der Waals surface area contributed by atoms with Crippen LogP contribution in [-0.2, 0) is 9.53 Å². The topological polar surface area (TPSA) is 58.8 Å². The molecule has 1 aliphatic rings. The van der Waals surface area contributed by atoms with Crippen LogP contribution in [-0.4, -0.2) is 67.7 Å². The molecule has 1 amide bonds. The van der Waals surface area contributed by atoms with E-state index in [1.165, 1.54) is 0 Å². The lowest BCUT2D eigenvalue weighted by atomic mass is 10.1. The average Bonchev–Trinajstić information content (AvgIpc) is 2.35. The van der Waals surface area contributed by atoms with Gasteiger partial charge in [-0.25, -0.2) is 0 Å². The summed E-state index contributed by atoms with van der Waals surface area (Å²) >= 11 is 0. The molecule has 100 valence electrons. The maximum atomic E-state index is 12.0. The first-order chi connectivity index (χ1) is 8.10. The summed E-state index contributed by atoms with van der Waals surface area (Å²) in [5, 5.41) is 0. The molecule has 0 saturated carbocycles. The third-order valence-electron chi connectivity index (χ3n) is 3.42. The number of carbonyl (C=O) groups is 1. The average molecular weight is 243 g/mol. The number of hydrogen-bond acceptors (Lipinski definition) is 4. The molecule has 5 nitrogen and oxygen atoms in total. The van der Waals surface area contributed by atoms with Gasteiger partial charge in [-0.1, -0.05) is 6.92 Å². The number of nitrogens with two attached hydrogens (primary N) is 1. The number of nitrogens with zero attached hydrogens (tertiary/aromatic N) is 2. The quantitative estimate of drug-likeness (QED) is 0.733. The normalized spacial score (nSPS) is 23.8. The highest BCUT2D eigenvalue weighted by atomic mass is 16.5. The van der Waals surface area contributed by atoms with Gasteiger partial charge in [-0.2, -0.15) is 0 Å². The lowest BCUT2D eigenvalue weighted by Gasteiger charge is -2.40. The van der Waals surface area contributed by atoms with Gasteiger partial charge in [-0.05, 0) is 13.3 Å². The summed E-state index contributed by atoms with van der Waals surface area (Å²) in [6.07, 6.45) is 0.705. The second kappa shape index (κ2) is 6.93. The third-order valence-corrected chi connectivity index (χ3v) is 3.42. The molecule has 0 aromatic rings. The van der Waals surface area contributed by atoms with Gasteiger partial charge in [0.1, 0.15) is 0 Å². The highest BCUT2D eigenvalue weighted by molar-refractivity contribution is 5.81. The fraction of sp³-hybridized carbons (Fsp3) is 0.917. The molecule has 17 heavy (non-hydrogen) atoms. The molecule has 1 saturated heterocycles. The molecule has 1 heterocycles. The van der Waals surface area contributed by atoms with Crippen molar-refractivity contribution in [1.29, 1.82) is 0 Å². The molecule has 0 aliphatic carbocycles. The zero-order valence-corrected chi connectivity index (χ0v) is 11.2. The molecule has 0 aromatic heterocycles. The molecule has 1 aliphatic heterocycles. The smallest absolute Gasteiger partial charge is 0.239 e. The summed E-state index contributed by atoms with van der Waals surface area (Å²) in [7, 11) is 1.71. The van der Waals surface area contributed by atoms with Gasteiger partial charge < -0.3 is 15.4 Å². The molecule has 0 aromatic carbocycles. The van der Waals surface area contributed by atoms with Crippen LogP contribution in [0.15, 0.2) is 0 Å². The number of amides is 1. The van der Waals surface area contributed by atoms with Crippen LogP contribution >= 0.6 is 0 Å². The van der Waals surface area contributed by atoms with Crippen molar-refractivity contribution in [1.82, 2.24) is 9.80 Å². The number of rotatable bonds is 5. The fourth-order valence-electron chi connectivity index (χ4n) is 2.15. The molecular weight excluding hydrogens is 218 g/mol. The van der Waals surface area contributed by atoms with Crippen molar-refractivity contribution in [3.63, 3.8) is 0 Å². The maximum Gasteiger partial charge on any atom is 0.239 e. The van der Waals surface area contributed by atoms with Gasteiger partial charge in [-0.3, -0.25) is 9.69 Å². The molecule has 2 N–H and O–H groups in total. The predicted octanol–water partition coefficient (Wildman–Crippen LogP) is -0.0972. The number of piperazine rings is 1. The zero-order valence-electron chi connectivity index (χ0n) is 11.2. The van der Waals surface area contributed by atoms with Gasteiger partial charge in [0, 0.05) is 39.3 Å². The molecule has 2 atom stereocenters. The Kier molecular flexibility index (Phi) is 5.88. The van der Waals surface area contributed by atoms with Crippen molar-refractivity contribution in [3.05, 3.63) is 0 Å². The van der Waals surface area contributed by atoms with Gasteiger partial charge >= 0.3 is 0 Å². The summed E-state index contributed by atoms with van der Waals surface area (Å²) < 4.78 is 5.08. The summed E-state index contributed by atoms with van der Waals surface area (Å²) in [6, 6.07) is 0.0413. The maximum absolute atomic E-state index is 12.0. The van der Waals surface area contributed by atoms with E-state index in [0.717, 1.165) is 32.8 Å². The monoisotopic (exact) mass is 243 g/mol. The van der Waals surface area contributed by atoms with Gasteiger partial charge in [0.15, 0.2) is 0 Å². The van der Waals surface area contributed by atoms with Crippen LogP contribution in [0, 0.1) is 0 Å². The zero-order chi connectivity index (χ0) is 12.8. The minimum absolute atomic E-state index is 0.0886. The van der Waals surface area contributed by atoms with Crippen molar-refractivity contribution in [3.8, 4) is 0 Å². The molecule has 1 rings (SSSR count). The van der Waals surface area contributed by atoms with E-state index < -0.39 is 0 Å². The van der Waals surface area contributed by atoms with E-state index in [0.29, 0.717) is 12.5 Å². The summed E-state index contributed by atoms with van der Waals surface area (Å²) in [4.78, 5) is 16.2. The van der Waals surface area contributed by atoms with Gasteiger partial charge in [0.25, 0.3) is 0 Å². The SMILES string of the molecule is CC[C@H](N)C(=O)N1CCN(CCOC)C(C)C1. The molecule has 1 fully saturated rings. The highest BCUT2D eigenvalue weighted by Crippen LogP contribution is 2.10. The van der Waals surface area contributed by atoms with E-state index in [9.17, 15) is 4.79 Å². The van der Waals surface area contributed by atoms with Crippen LogP contribution in [0.2, 0.25) is 0 Å².